The molecule has 2 aromatic rings. The van der Waals surface area contributed by atoms with Crippen molar-refractivity contribution in [3.8, 4) is 0 Å². The maximum absolute atomic E-state index is 6.31. The second-order valence-corrected chi connectivity index (χ2v) is 7.66. The minimum Gasteiger partial charge on any atom is -0.318 e. The Morgan fingerprint density at radius 1 is 1.14 bits per heavy atom. The number of hydrogen-bond donors (Lipinski definition) is 1. The van der Waals surface area contributed by atoms with E-state index in [-0.39, 0.29) is 6.04 Å². The summed E-state index contributed by atoms with van der Waals surface area (Å²) in [5.74, 6) is 2.79. The van der Waals surface area contributed by atoms with Crippen molar-refractivity contribution in [2.75, 3.05) is 0 Å². The number of nitrogens with zero attached hydrogens (tertiary/aromatic N) is 2. The fourth-order valence-electron chi connectivity index (χ4n) is 4.13. The van der Waals surface area contributed by atoms with Crippen LogP contribution in [0.15, 0.2) is 30.3 Å². The average molecular weight is 299 g/mol. The molecule has 4 heteroatoms. The Kier molecular flexibility index (Phi) is 3.51. The van der Waals surface area contributed by atoms with Gasteiger partial charge < -0.3 is 5.73 Å². The van der Waals surface area contributed by atoms with E-state index in [4.69, 9.17) is 5.73 Å². The van der Waals surface area contributed by atoms with Crippen molar-refractivity contribution in [1.29, 1.82) is 0 Å². The average Bonchev–Trinajstić information content (AvgIpc) is 3.24. The van der Waals surface area contributed by atoms with Crippen LogP contribution in [0.3, 0.4) is 0 Å². The van der Waals surface area contributed by atoms with E-state index in [0.717, 1.165) is 34.7 Å². The summed E-state index contributed by atoms with van der Waals surface area (Å²) in [6.45, 7) is 0. The first-order valence-electron chi connectivity index (χ1n) is 7.92. The Balaban J connectivity index is 1.46. The lowest BCUT2D eigenvalue weighted by Crippen LogP contribution is -2.12. The molecule has 0 saturated heterocycles. The lowest BCUT2D eigenvalue weighted by Gasteiger charge is -2.19. The van der Waals surface area contributed by atoms with Crippen LogP contribution in [-0.4, -0.2) is 10.2 Å². The van der Waals surface area contributed by atoms with Crippen molar-refractivity contribution in [3.05, 3.63) is 45.9 Å². The van der Waals surface area contributed by atoms with Crippen LogP contribution in [0.4, 0.5) is 0 Å². The third-order valence-electron chi connectivity index (χ3n) is 5.23. The molecule has 0 radical (unpaired) electrons. The van der Waals surface area contributed by atoms with Gasteiger partial charge in [-0.1, -0.05) is 48.1 Å². The molecule has 4 rings (SSSR count). The van der Waals surface area contributed by atoms with E-state index in [2.05, 4.69) is 22.3 Å². The number of nitrogens with two attached hydrogens (primary N) is 1. The third-order valence-corrected chi connectivity index (χ3v) is 6.26. The summed E-state index contributed by atoms with van der Waals surface area (Å²) < 4.78 is 0. The van der Waals surface area contributed by atoms with Crippen LogP contribution in [0.25, 0.3) is 0 Å². The Labute approximate surface area is 129 Å². The first kappa shape index (κ1) is 13.4. The lowest BCUT2D eigenvalue weighted by molar-refractivity contribution is 0.331. The zero-order valence-corrected chi connectivity index (χ0v) is 12.9. The molecule has 1 aromatic carbocycles. The molecule has 2 bridgehead atoms. The van der Waals surface area contributed by atoms with Crippen molar-refractivity contribution in [2.45, 2.75) is 38.1 Å². The van der Waals surface area contributed by atoms with Crippen molar-refractivity contribution in [2.24, 2.45) is 23.5 Å². The highest BCUT2D eigenvalue weighted by atomic mass is 32.1. The minimum absolute atomic E-state index is 0.141. The molecular weight excluding hydrogens is 278 g/mol. The van der Waals surface area contributed by atoms with Gasteiger partial charge in [0.1, 0.15) is 10.0 Å². The van der Waals surface area contributed by atoms with Gasteiger partial charge in [-0.2, -0.15) is 0 Å². The van der Waals surface area contributed by atoms with Crippen LogP contribution in [0, 0.1) is 17.8 Å². The topological polar surface area (TPSA) is 51.8 Å². The molecule has 4 atom stereocenters. The summed E-state index contributed by atoms with van der Waals surface area (Å²) >= 11 is 1.70. The first-order valence-corrected chi connectivity index (χ1v) is 8.74. The second kappa shape index (κ2) is 5.50. The SMILES string of the molecule is NC(c1ccccc1)c1nnc(CC2CC3CCC2C3)s1. The predicted molar refractivity (Wildman–Crippen MR) is 85.0 cm³/mol. The molecule has 2 aliphatic rings. The quantitative estimate of drug-likeness (QED) is 0.939. The highest BCUT2D eigenvalue weighted by molar-refractivity contribution is 7.11. The van der Waals surface area contributed by atoms with Crippen LogP contribution < -0.4 is 5.73 Å². The molecule has 2 aliphatic carbocycles. The van der Waals surface area contributed by atoms with E-state index >= 15 is 0 Å². The van der Waals surface area contributed by atoms with Crippen LogP contribution >= 0.6 is 11.3 Å². The zero-order valence-electron chi connectivity index (χ0n) is 12.1. The van der Waals surface area contributed by atoms with Gasteiger partial charge in [0.2, 0.25) is 0 Å². The largest absolute Gasteiger partial charge is 0.318 e. The maximum Gasteiger partial charge on any atom is 0.138 e. The highest BCUT2D eigenvalue weighted by Crippen LogP contribution is 2.49. The molecule has 2 N–H and O–H groups in total. The number of aromatic nitrogens is 2. The standard InChI is InChI=1S/C17H21N3S/c18-16(12-4-2-1-3-5-12)17-20-19-15(21-17)10-14-9-11-6-7-13(14)8-11/h1-5,11,13-14,16H,6-10,18H2. The molecule has 3 nitrogen and oxygen atoms in total. The number of fused-ring (bicyclic) bond motifs is 2. The monoisotopic (exact) mass is 299 g/mol. The summed E-state index contributed by atoms with van der Waals surface area (Å²) in [5, 5.41) is 10.9. The smallest absolute Gasteiger partial charge is 0.138 e. The van der Waals surface area contributed by atoms with E-state index < -0.39 is 0 Å². The normalized spacial score (nSPS) is 28.9. The zero-order chi connectivity index (χ0) is 14.2. The summed E-state index contributed by atoms with van der Waals surface area (Å²) in [6, 6.07) is 10.0. The van der Waals surface area contributed by atoms with E-state index in [9.17, 15) is 0 Å². The minimum atomic E-state index is -0.141. The number of benzene rings is 1. The van der Waals surface area contributed by atoms with Crippen LogP contribution in [0.5, 0.6) is 0 Å². The first-order chi connectivity index (χ1) is 10.3. The molecule has 21 heavy (non-hydrogen) atoms. The molecule has 0 spiro atoms. The number of hydrogen-bond acceptors (Lipinski definition) is 4. The Hall–Kier alpha value is -1.26. The van der Waals surface area contributed by atoms with Crippen LogP contribution in [-0.2, 0) is 6.42 Å². The Morgan fingerprint density at radius 3 is 2.71 bits per heavy atom. The van der Waals surface area contributed by atoms with Crippen molar-refractivity contribution in [3.63, 3.8) is 0 Å². The Bertz CT molecular complexity index is 610. The van der Waals surface area contributed by atoms with Gasteiger partial charge in [-0.25, -0.2) is 0 Å². The van der Waals surface area contributed by atoms with Gasteiger partial charge in [0, 0.05) is 6.42 Å². The summed E-state index contributed by atoms with van der Waals surface area (Å²) in [6.07, 6.45) is 6.87. The molecule has 110 valence electrons. The van der Waals surface area contributed by atoms with Crippen molar-refractivity contribution >= 4 is 11.3 Å². The Morgan fingerprint density at radius 2 is 2.00 bits per heavy atom. The van der Waals surface area contributed by atoms with Gasteiger partial charge in [0.25, 0.3) is 0 Å². The van der Waals surface area contributed by atoms with Gasteiger partial charge >= 0.3 is 0 Å². The van der Waals surface area contributed by atoms with E-state index in [0.29, 0.717) is 0 Å². The van der Waals surface area contributed by atoms with Crippen LogP contribution in [0.2, 0.25) is 0 Å². The van der Waals surface area contributed by atoms with Gasteiger partial charge in [-0.05, 0) is 42.6 Å². The molecule has 0 amide bonds. The van der Waals surface area contributed by atoms with Crippen LogP contribution in [0.1, 0.15) is 47.3 Å². The van der Waals surface area contributed by atoms with Gasteiger partial charge in [-0.3, -0.25) is 0 Å². The number of rotatable bonds is 4. The fourth-order valence-corrected chi connectivity index (χ4v) is 5.09. The second-order valence-electron chi connectivity index (χ2n) is 6.56. The highest BCUT2D eigenvalue weighted by Gasteiger charge is 2.39. The molecule has 2 fully saturated rings. The molecule has 0 aliphatic heterocycles. The molecule has 1 heterocycles. The summed E-state index contributed by atoms with van der Waals surface area (Å²) in [7, 11) is 0. The maximum atomic E-state index is 6.31. The van der Waals surface area contributed by atoms with Gasteiger partial charge in [0.05, 0.1) is 6.04 Å². The van der Waals surface area contributed by atoms with Crippen molar-refractivity contribution < 1.29 is 0 Å². The molecule has 4 unspecified atom stereocenters. The van der Waals surface area contributed by atoms with E-state index in [1.54, 1.807) is 11.3 Å². The molecular formula is C17H21N3S. The van der Waals surface area contributed by atoms with Gasteiger partial charge in [0.15, 0.2) is 0 Å². The van der Waals surface area contributed by atoms with Gasteiger partial charge in [-0.15, -0.1) is 10.2 Å². The van der Waals surface area contributed by atoms with E-state index in [1.165, 1.54) is 30.7 Å². The molecule has 1 aromatic heterocycles. The lowest BCUT2D eigenvalue weighted by atomic mass is 9.87. The predicted octanol–water partition coefficient (Wildman–Crippen LogP) is 3.56. The summed E-state index contributed by atoms with van der Waals surface area (Å²) in [5.41, 5.74) is 7.42. The summed E-state index contributed by atoms with van der Waals surface area (Å²) in [4.78, 5) is 0. The van der Waals surface area contributed by atoms with Crippen molar-refractivity contribution in [1.82, 2.24) is 10.2 Å². The molecule has 2 saturated carbocycles. The fraction of sp³-hybridized carbons (Fsp3) is 0.529. The van der Waals surface area contributed by atoms with E-state index in [1.807, 2.05) is 18.2 Å². The third kappa shape index (κ3) is 2.62.